The van der Waals surface area contributed by atoms with Crippen LogP contribution in [0.2, 0.25) is 0 Å². The molecule has 0 N–H and O–H groups in total. The molecule has 3 saturated carbocycles. The van der Waals surface area contributed by atoms with Crippen molar-refractivity contribution < 1.29 is 0 Å². The second-order valence-corrected chi connectivity index (χ2v) is 8.97. The van der Waals surface area contributed by atoms with E-state index >= 15 is 0 Å². The summed E-state index contributed by atoms with van der Waals surface area (Å²) in [7, 11) is 0. The van der Waals surface area contributed by atoms with Gasteiger partial charge in [0.1, 0.15) is 0 Å². The van der Waals surface area contributed by atoms with Crippen LogP contribution in [0.4, 0.5) is 0 Å². The molecule has 0 amide bonds. The molecule has 8 unspecified atom stereocenters. The van der Waals surface area contributed by atoms with E-state index in [1.807, 2.05) is 0 Å². The molecule has 8 atom stereocenters. The summed E-state index contributed by atoms with van der Waals surface area (Å²) < 4.78 is 0. The molecule has 0 heteroatoms. The van der Waals surface area contributed by atoms with Gasteiger partial charge in [0.25, 0.3) is 0 Å². The van der Waals surface area contributed by atoms with Gasteiger partial charge in [0.05, 0.1) is 0 Å². The topological polar surface area (TPSA) is 0 Å². The molecule has 0 nitrogen and oxygen atoms in total. The molecule has 110 valence electrons. The van der Waals surface area contributed by atoms with Crippen molar-refractivity contribution in [1.29, 1.82) is 0 Å². The lowest BCUT2D eigenvalue weighted by atomic mass is 9.72. The van der Waals surface area contributed by atoms with Crippen LogP contribution in [0, 0.1) is 52.8 Å². The van der Waals surface area contributed by atoms with E-state index in [2.05, 4.69) is 41.5 Å². The van der Waals surface area contributed by atoms with Gasteiger partial charge in [0.15, 0.2) is 0 Å². The van der Waals surface area contributed by atoms with Crippen LogP contribution in [0.1, 0.15) is 67.2 Å². The molecule has 19 heavy (non-hydrogen) atoms. The maximum atomic E-state index is 2.55. The molecule has 0 aromatic carbocycles. The molecule has 0 aromatic rings. The van der Waals surface area contributed by atoms with Gasteiger partial charge in [-0.25, -0.2) is 0 Å². The molecule has 3 aliphatic rings. The fraction of sp³-hybridized carbons (Fsp3) is 1.00. The summed E-state index contributed by atoms with van der Waals surface area (Å²) in [5.74, 6) is 8.41. The standard InChI is InChI=1S/C19H34/c1-7-19(6)10-16(19)13(5)8-12(4)14-9-15-17(11(2)3)18(14)15/h11-18H,7-10H2,1-6H3. The minimum atomic E-state index is 0.710. The Kier molecular flexibility index (Phi) is 3.31. The lowest BCUT2D eigenvalue weighted by Crippen LogP contribution is -2.25. The molecule has 3 fully saturated rings. The molecule has 0 aliphatic heterocycles. The zero-order valence-electron chi connectivity index (χ0n) is 13.9. The molecule has 0 saturated heterocycles. The largest absolute Gasteiger partial charge is 0.0649 e. The first kappa shape index (κ1) is 14.0. The van der Waals surface area contributed by atoms with Gasteiger partial charge in [-0.1, -0.05) is 48.0 Å². The van der Waals surface area contributed by atoms with Crippen molar-refractivity contribution in [3.63, 3.8) is 0 Å². The first-order valence-electron chi connectivity index (χ1n) is 8.89. The Hall–Kier alpha value is 0. The lowest BCUT2D eigenvalue weighted by Gasteiger charge is -2.33. The minimum Gasteiger partial charge on any atom is -0.0649 e. The SMILES string of the molecule is CCC1(C)CC1C(C)CC(C)C1CC2C(C(C)C)C12. The smallest absolute Gasteiger partial charge is 0.0294 e. The average molecular weight is 262 g/mol. The van der Waals surface area contributed by atoms with Crippen LogP contribution in [-0.2, 0) is 0 Å². The Morgan fingerprint density at radius 1 is 1.11 bits per heavy atom. The van der Waals surface area contributed by atoms with E-state index in [0.29, 0.717) is 5.41 Å². The van der Waals surface area contributed by atoms with Crippen LogP contribution >= 0.6 is 0 Å². The summed E-state index contributed by atoms with van der Waals surface area (Å²) in [5, 5.41) is 0. The van der Waals surface area contributed by atoms with E-state index in [-0.39, 0.29) is 0 Å². The van der Waals surface area contributed by atoms with E-state index in [4.69, 9.17) is 0 Å². The van der Waals surface area contributed by atoms with Crippen LogP contribution in [-0.4, -0.2) is 0 Å². The van der Waals surface area contributed by atoms with E-state index in [1.54, 1.807) is 6.42 Å². The molecule has 3 rings (SSSR count). The van der Waals surface area contributed by atoms with Gasteiger partial charge in [-0.15, -0.1) is 0 Å². The van der Waals surface area contributed by atoms with Gasteiger partial charge >= 0.3 is 0 Å². The monoisotopic (exact) mass is 262 g/mol. The third kappa shape index (κ3) is 2.18. The third-order valence-corrected chi connectivity index (χ3v) is 7.49. The van der Waals surface area contributed by atoms with Crippen molar-refractivity contribution in [2.24, 2.45) is 52.8 Å². The van der Waals surface area contributed by atoms with Gasteiger partial charge in [-0.2, -0.15) is 0 Å². The van der Waals surface area contributed by atoms with E-state index in [0.717, 1.165) is 47.3 Å². The summed E-state index contributed by atoms with van der Waals surface area (Å²) in [6, 6.07) is 0. The predicted molar refractivity (Wildman–Crippen MR) is 82.9 cm³/mol. The highest BCUT2D eigenvalue weighted by atomic mass is 14.7. The predicted octanol–water partition coefficient (Wildman–Crippen LogP) is 5.62. The number of fused-ring (bicyclic) bond motifs is 1. The summed E-state index contributed by atoms with van der Waals surface area (Å²) >= 11 is 0. The second kappa shape index (κ2) is 4.50. The van der Waals surface area contributed by atoms with Gasteiger partial charge in [0, 0.05) is 0 Å². The zero-order chi connectivity index (χ0) is 13.9. The Labute approximate surface area is 120 Å². The summed E-state index contributed by atoms with van der Waals surface area (Å²) in [4.78, 5) is 0. The second-order valence-electron chi connectivity index (χ2n) is 8.97. The summed E-state index contributed by atoms with van der Waals surface area (Å²) in [6.07, 6.45) is 5.96. The minimum absolute atomic E-state index is 0.710. The molecule has 0 bridgehead atoms. The normalized spacial score (nSPS) is 50.4. The van der Waals surface area contributed by atoms with Crippen molar-refractivity contribution in [2.45, 2.75) is 67.2 Å². The fourth-order valence-electron chi connectivity index (χ4n) is 5.83. The molecular formula is C19H34. The van der Waals surface area contributed by atoms with Crippen molar-refractivity contribution in [3.05, 3.63) is 0 Å². The van der Waals surface area contributed by atoms with Crippen molar-refractivity contribution in [3.8, 4) is 0 Å². The van der Waals surface area contributed by atoms with E-state index < -0.39 is 0 Å². The highest BCUT2D eigenvalue weighted by Crippen LogP contribution is 2.70. The van der Waals surface area contributed by atoms with Crippen LogP contribution in [0.25, 0.3) is 0 Å². The fourth-order valence-corrected chi connectivity index (χ4v) is 5.83. The average Bonchev–Trinajstić information content (AvgIpc) is 3.14. The van der Waals surface area contributed by atoms with E-state index in [9.17, 15) is 0 Å². The van der Waals surface area contributed by atoms with Gasteiger partial charge < -0.3 is 0 Å². The first-order valence-corrected chi connectivity index (χ1v) is 8.89. The Morgan fingerprint density at radius 3 is 2.26 bits per heavy atom. The zero-order valence-corrected chi connectivity index (χ0v) is 13.9. The van der Waals surface area contributed by atoms with Crippen LogP contribution < -0.4 is 0 Å². The molecule has 0 spiro atoms. The molecule has 3 aliphatic carbocycles. The van der Waals surface area contributed by atoms with Gasteiger partial charge in [0.2, 0.25) is 0 Å². The summed E-state index contributed by atoms with van der Waals surface area (Å²) in [6.45, 7) is 14.8. The Balaban J connectivity index is 1.47. The highest BCUT2D eigenvalue weighted by molar-refractivity contribution is 5.12. The van der Waals surface area contributed by atoms with Crippen molar-refractivity contribution >= 4 is 0 Å². The molecule has 0 heterocycles. The van der Waals surface area contributed by atoms with Crippen molar-refractivity contribution in [2.75, 3.05) is 0 Å². The molecule has 0 aromatic heterocycles. The lowest BCUT2D eigenvalue weighted by molar-refractivity contribution is 0.164. The third-order valence-electron chi connectivity index (χ3n) is 7.49. The maximum absolute atomic E-state index is 2.55. The van der Waals surface area contributed by atoms with Crippen LogP contribution in [0.5, 0.6) is 0 Å². The molecule has 0 radical (unpaired) electrons. The van der Waals surface area contributed by atoms with Gasteiger partial charge in [-0.05, 0) is 72.0 Å². The van der Waals surface area contributed by atoms with Crippen LogP contribution in [0.3, 0.4) is 0 Å². The van der Waals surface area contributed by atoms with Crippen molar-refractivity contribution in [1.82, 2.24) is 0 Å². The molecular weight excluding hydrogens is 228 g/mol. The Morgan fingerprint density at radius 2 is 1.79 bits per heavy atom. The number of hydrogen-bond acceptors (Lipinski definition) is 0. The Bertz CT molecular complexity index is 344. The van der Waals surface area contributed by atoms with E-state index in [1.165, 1.54) is 19.3 Å². The highest BCUT2D eigenvalue weighted by Gasteiger charge is 2.64. The van der Waals surface area contributed by atoms with Gasteiger partial charge in [-0.3, -0.25) is 0 Å². The quantitative estimate of drug-likeness (QED) is 0.582. The first-order chi connectivity index (χ1) is 8.89. The number of rotatable bonds is 6. The van der Waals surface area contributed by atoms with Crippen LogP contribution in [0.15, 0.2) is 0 Å². The summed E-state index contributed by atoms with van der Waals surface area (Å²) in [5.41, 5.74) is 0.710. The number of hydrogen-bond donors (Lipinski definition) is 0. The maximum Gasteiger partial charge on any atom is -0.0294 e.